The predicted molar refractivity (Wildman–Crippen MR) is 100 cm³/mol. The summed E-state index contributed by atoms with van der Waals surface area (Å²) in [5.41, 5.74) is 1.69. The molecule has 0 saturated carbocycles. The van der Waals surface area contributed by atoms with E-state index in [4.69, 9.17) is 16.3 Å². The van der Waals surface area contributed by atoms with Gasteiger partial charge in [0.1, 0.15) is 12.3 Å². The third kappa shape index (κ3) is 4.97. The Bertz CT molecular complexity index is 768. The van der Waals surface area contributed by atoms with Crippen molar-refractivity contribution in [2.45, 2.75) is 12.6 Å². The molecule has 2 atom stereocenters. The van der Waals surface area contributed by atoms with Crippen LogP contribution in [0.2, 0.25) is 5.02 Å². The fraction of sp³-hybridized carbons (Fsp3) is 0.263. The Morgan fingerprint density at radius 2 is 1.88 bits per heavy atom. The topological polar surface area (TPSA) is 71.9 Å². The highest BCUT2D eigenvalue weighted by Gasteiger charge is 2.30. The Labute approximate surface area is 158 Å². The molecular formula is C19H23ClN3O3+. The van der Waals surface area contributed by atoms with E-state index in [2.05, 4.69) is 10.6 Å². The first-order chi connectivity index (χ1) is 12.5. The number of ether oxygens (including phenoxy) is 1. The second-order valence-corrected chi connectivity index (χ2v) is 6.33. The molecule has 0 aromatic heterocycles. The Balaban J connectivity index is 2.31. The summed E-state index contributed by atoms with van der Waals surface area (Å²) in [4.78, 5) is 25.2. The van der Waals surface area contributed by atoms with Crippen LogP contribution >= 0.6 is 11.6 Å². The number of rotatable bonds is 6. The molecule has 3 amide bonds. The van der Waals surface area contributed by atoms with Gasteiger partial charge in [-0.1, -0.05) is 41.9 Å². The number of halogens is 1. The average molecular weight is 377 g/mol. The first kappa shape index (κ1) is 19.8. The average Bonchev–Trinajstić information content (AvgIpc) is 2.62. The van der Waals surface area contributed by atoms with Gasteiger partial charge in [-0.2, -0.15) is 0 Å². The molecule has 0 heterocycles. The van der Waals surface area contributed by atoms with Crippen LogP contribution in [0.1, 0.15) is 17.2 Å². The number of hydrogen-bond donors (Lipinski definition) is 3. The highest BCUT2D eigenvalue weighted by molar-refractivity contribution is 6.30. The normalized spacial score (nSPS) is 12.8. The number of urea groups is 1. The number of likely N-dealkylation sites (N-methyl/N-ethyl adjacent to an activating group) is 1. The van der Waals surface area contributed by atoms with Crippen molar-refractivity contribution in [1.82, 2.24) is 10.6 Å². The first-order valence-electron chi connectivity index (χ1n) is 8.18. The van der Waals surface area contributed by atoms with Gasteiger partial charge in [0.25, 0.3) is 5.91 Å². The minimum atomic E-state index is -0.572. The van der Waals surface area contributed by atoms with Crippen LogP contribution in [0.3, 0.4) is 0 Å². The summed E-state index contributed by atoms with van der Waals surface area (Å²) in [6, 6.07) is 13.6. The van der Waals surface area contributed by atoms with E-state index in [0.717, 1.165) is 16.0 Å². The summed E-state index contributed by atoms with van der Waals surface area (Å²) in [5, 5.41) is 5.36. The molecular weight excluding hydrogens is 354 g/mol. The second kappa shape index (κ2) is 9.22. The molecule has 2 rings (SSSR count). The van der Waals surface area contributed by atoms with Crippen molar-refractivity contribution in [3.63, 3.8) is 0 Å². The fourth-order valence-electron chi connectivity index (χ4n) is 2.84. The molecule has 0 radical (unpaired) electrons. The molecule has 0 aliphatic heterocycles. The molecule has 0 aliphatic rings. The van der Waals surface area contributed by atoms with Crippen molar-refractivity contribution in [3.05, 3.63) is 64.7 Å². The molecule has 7 heteroatoms. The maximum Gasteiger partial charge on any atom is 0.321 e. The van der Waals surface area contributed by atoms with E-state index >= 15 is 0 Å². The summed E-state index contributed by atoms with van der Waals surface area (Å²) in [5.74, 6) is 0.321. The zero-order valence-corrected chi connectivity index (χ0v) is 15.8. The van der Waals surface area contributed by atoms with Gasteiger partial charge < -0.3 is 15.0 Å². The van der Waals surface area contributed by atoms with Crippen molar-refractivity contribution in [3.8, 4) is 5.75 Å². The number of amides is 3. The Morgan fingerprint density at radius 3 is 2.50 bits per heavy atom. The maximum absolute atomic E-state index is 12.7. The van der Waals surface area contributed by atoms with Crippen molar-refractivity contribution < 1.29 is 19.2 Å². The van der Waals surface area contributed by atoms with Gasteiger partial charge in [0, 0.05) is 23.2 Å². The summed E-state index contributed by atoms with van der Waals surface area (Å²) < 4.78 is 5.39. The van der Waals surface area contributed by atoms with Crippen LogP contribution in [-0.4, -0.2) is 33.1 Å². The third-order valence-corrected chi connectivity index (χ3v) is 4.30. The van der Waals surface area contributed by atoms with E-state index in [-0.39, 0.29) is 5.91 Å². The smallest absolute Gasteiger partial charge is 0.321 e. The number of carbonyl (C=O) groups excluding carboxylic acids is 2. The lowest BCUT2D eigenvalue weighted by atomic mass is 10.0. The second-order valence-electron chi connectivity index (χ2n) is 5.89. The molecule has 0 saturated heterocycles. The van der Waals surface area contributed by atoms with Crippen LogP contribution < -0.4 is 20.3 Å². The third-order valence-electron chi connectivity index (χ3n) is 4.06. The largest absolute Gasteiger partial charge is 0.496 e. The highest BCUT2D eigenvalue weighted by atomic mass is 35.5. The van der Waals surface area contributed by atoms with E-state index in [1.54, 1.807) is 19.2 Å². The molecule has 0 spiro atoms. The van der Waals surface area contributed by atoms with E-state index in [0.29, 0.717) is 17.3 Å². The van der Waals surface area contributed by atoms with Gasteiger partial charge in [0.2, 0.25) is 0 Å². The van der Waals surface area contributed by atoms with Gasteiger partial charge in [-0.05, 0) is 18.2 Å². The van der Waals surface area contributed by atoms with Crippen LogP contribution in [-0.2, 0) is 11.3 Å². The van der Waals surface area contributed by atoms with Gasteiger partial charge >= 0.3 is 6.03 Å². The number of imide groups is 1. The molecule has 26 heavy (non-hydrogen) atoms. The number of methoxy groups -OCH3 is 1. The molecule has 0 bridgehead atoms. The molecule has 2 aromatic rings. The van der Waals surface area contributed by atoms with Crippen LogP contribution in [0.5, 0.6) is 5.75 Å². The summed E-state index contributed by atoms with van der Waals surface area (Å²) in [6.45, 7) is 0.491. The predicted octanol–water partition coefficient (Wildman–Crippen LogP) is 1.56. The molecule has 0 aliphatic carbocycles. The Hall–Kier alpha value is -2.57. The maximum atomic E-state index is 12.7. The number of hydrogen-bond acceptors (Lipinski definition) is 3. The minimum absolute atomic E-state index is 0.381. The van der Waals surface area contributed by atoms with Gasteiger partial charge in [-0.25, -0.2) is 4.79 Å². The Kier molecular flexibility index (Phi) is 7.00. The lowest BCUT2D eigenvalue weighted by molar-refractivity contribution is -0.916. The summed E-state index contributed by atoms with van der Waals surface area (Å²) in [7, 11) is 4.95. The van der Waals surface area contributed by atoms with Gasteiger partial charge in [-0.15, -0.1) is 0 Å². The monoisotopic (exact) mass is 376 g/mol. The fourth-order valence-corrected chi connectivity index (χ4v) is 3.03. The van der Waals surface area contributed by atoms with E-state index < -0.39 is 12.1 Å². The highest BCUT2D eigenvalue weighted by Crippen LogP contribution is 2.22. The van der Waals surface area contributed by atoms with E-state index in [9.17, 15) is 9.59 Å². The molecule has 3 N–H and O–H groups in total. The number of carbonyl (C=O) groups is 2. The van der Waals surface area contributed by atoms with Crippen molar-refractivity contribution in [2.75, 3.05) is 21.2 Å². The van der Waals surface area contributed by atoms with Gasteiger partial charge in [0.15, 0.2) is 6.04 Å². The zero-order valence-electron chi connectivity index (χ0n) is 15.0. The Morgan fingerprint density at radius 1 is 1.19 bits per heavy atom. The number of quaternary nitrogens is 1. The first-order valence-corrected chi connectivity index (χ1v) is 8.56. The number of benzene rings is 2. The van der Waals surface area contributed by atoms with Crippen LogP contribution in [0.25, 0.3) is 0 Å². The summed E-state index contributed by atoms with van der Waals surface area (Å²) >= 11 is 6.11. The van der Waals surface area contributed by atoms with Crippen LogP contribution in [0, 0.1) is 0 Å². The van der Waals surface area contributed by atoms with E-state index in [1.165, 1.54) is 7.05 Å². The minimum Gasteiger partial charge on any atom is -0.496 e. The molecule has 1 unspecified atom stereocenters. The quantitative estimate of drug-likeness (QED) is 0.716. The van der Waals surface area contributed by atoms with Crippen LogP contribution in [0.4, 0.5) is 4.79 Å². The van der Waals surface area contributed by atoms with Crippen LogP contribution in [0.15, 0.2) is 48.5 Å². The molecule has 6 nitrogen and oxygen atoms in total. The standard InChI is InChI=1S/C19H22ClN3O3/c1-21-19(25)22-18(24)17(13-7-5-4-6-8-13)23(2)12-14-11-15(20)9-10-16(14)26-3/h4-11,17H,12H2,1-3H3,(H2,21,22,24,25)/p+1/t17-/m1/s1. The van der Waals surface area contributed by atoms with Gasteiger partial charge in [-0.3, -0.25) is 10.1 Å². The van der Waals surface area contributed by atoms with Crippen molar-refractivity contribution >= 4 is 23.5 Å². The summed E-state index contributed by atoms with van der Waals surface area (Å²) in [6.07, 6.45) is 0. The molecule has 138 valence electrons. The lowest BCUT2D eigenvalue weighted by Crippen LogP contribution is -3.09. The molecule has 0 fully saturated rings. The van der Waals surface area contributed by atoms with Crippen molar-refractivity contribution in [1.29, 1.82) is 0 Å². The van der Waals surface area contributed by atoms with E-state index in [1.807, 2.05) is 43.4 Å². The molecule has 2 aromatic carbocycles. The zero-order chi connectivity index (χ0) is 19.1. The number of nitrogens with one attached hydrogen (secondary N) is 3. The van der Waals surface area contributed by atoms with Crippen molar-refractivity contribution in [2.24, 2.45) is 0 Å². The SMILES string of the molecule is CNC(=O)NC(=O)[C@@H](c1ccccc1)[NH+](C)Cc1cc(Cl)ccc1OC. The van der Waals surface area contributed by atoms with Gasteiger partial charge in [0.05, 0.1) is 14.2 Å². The lowest BCUT2D eigenvalue weighted by Gasteiger charge is -2.25.